The molecule has 1 aromatic carbocycles. The van der Waals surface area contributed by atoms with Crippen LogP contribution in [0.2, 0.25) is 5.02 Å². The number of benzene rings is 1. The molecule has 2 saturated heterocycles. The zero-order chi connectivity index (χ0) is 12.5. The van der Waals surface area contributed by atoms with Crippen LogP contribution < -0.4 is 0 Å². The fraction of sp³-hybridized carbons (Fsp3) is 0.533. The summed E-state index contributed by atoms with van der Waals surface area (Å²) in [6, 6.07) is 9.10. The van der Waals surface area contributed by atoms with Crippen molar-refractivity contribution < 1.29 is 4.79 Å². The van der Waals surface area contributed by atoms with E-state index in [1.54, 1.807) is 0 Å². The highest BCUT2D eigenvalue weighted by atomic mass is 35.5. The van der Waals surface area contributed by atoms with Gasteiger partial charge in [0.05, 0.1) is 0 Å². The van der Waals surface area contributed by atoms with Crippen molar-refractivity contribution in [2.45, 2.75) is 44.2 Å². The maximum atomic E-state index is 11.5. The minimum atomic E-state index is 0.460. The van der Waals surface area contributed by atoms with Crippen molar-refractivity contribution in [3.8, 4) is 0 Å². The second kappa shape index (κ2) is 5.02. The molecule has 2 nitrogen and oxygen atoms in total. The summed E-state index contributed by atoms with van der Waals surface area (Å²) >= 11 is 6.00. The molecule has 0 aromatic heterocycles. The quantitative estimate of drug-likeness (QED) is 0.835. The fourth-order valence-electron chi connectivity index (χ4n) is 3.38. The molecule has 0 radical (unpaired) electrons. The van der Waals surface area contributed by atoms with E-state index in [4.69, 9.17) is 11.6 Å². The van der Waals surface area contributed by atoms with Gasteiger partial charge in [-0.3, -0.25) is 9.69 Å². The molecule has 0 spiro atoms. The number of halogens is 1. The van der Waals surface area contributed by atoms with Crippen molar-refractivity contribution in [2.24, 2.45) is 0 Å². The van der Waals surface area contributed by atoms with Gasteiger partial charge >= 0.3 is 0 Å². The van der Waals surface area contributed by atoms with Crippen molar-refractivity contribution >= 4 is 17.4 Å². The van der Waals surface area contributed by atoms with Gasteiger partial charge in [0, 0.05) is 36.5 Å². The summed E-state index contributed by atoms with van der Waals surface area (Å²) in [7, 11) is 0. The molecule has 2 heterocycles. The molecule has 0 N–H and O–H groups in total. The summed E-state index contributed by atoms with van der Waals surface area (Å²) in [5.74, 6) is 0.460. The Labute approximate surface area is 113 Å². The van der Waals surface area contributed by atoms with Crippen molar-refractivity contribution in [1.29, 1.82) is 0 Å². The summed E-state index contributed by atoms with van der Waals surface area (Å²) in [6.07, 6.45) is 4.97. The third-order valence-electron chi connectivity index (χ3n) is 4.25. The van der Waals surface area contributed by atoms with Crippen LogP contribution in [0, 0.1) is 0 Å². The second-order valence-corrected chi connectivity index (χ2v) is 5.89. The lowest BCUT2D eigenvalue weighted by molar-refractivity contribution is -0.123. The summed E-state index contributed by atoms with van der Waals surface area (Å²) in [6.45, 7) is 1.06. The Morgan fingerprint density at radius 3 is 2.61 bits per heavy atom. The van der Waals surface area contributed by atoms with Crippen molar-refractivity contribution in [3.05, 3.63) is 34.9 Å². The molecule has 96 valence electrons. The van der Waals surface area contributed by atoms with Crippen LogP contribution in [-0.2, 0) is 11.2 Å². The maximum absolute atomic E-state index is 11.5. The Kier molecular flexibility index (Phi) is 3.40. The molecule has 1 aromatic rings. The molecule has 0 aliphatic carbocycles. The molecule has 2 fully saturated rings. The zero-order valence-corrected chi connectivity index (χ0v) is 11.2. The molecule has 2 aliphatic rings. The van der Waals surface area contributed by atoms with Crippen LogP contribution in [0.1, 0.15) is 31.2 Å². The SMILES string of the molecule is O=C1CC2CCC(C1)N2CCc1cccc(Cl)c1. The molecule has 18 heavy (non-hydrogen) atoms. The van der Waals surface area contributed by atoms with E-state index >= 15 is 0 Å². The van der Waals surface area contributed by atoms with E-state index in [-0.39, 0.29) is 0 Å². The first-order valence-electron chi connectivity index (χ1n) is 6.74. The molecule has 3 rings (SSSR count). The van der Waals surface area contributed by atoms with E-state index in [0.29, 0.717) is 17.9 Å². The Hall–Kier alpha value is -0.860. The summed E-state index contributed by atoms with van der Waals surface area (Å²) < 4.78 is 0. The highest BCUT2D eigenvalue weighted by Gasteiger charge is 2.39. The molecule has 0 saturated carbocycles. The van der Waals surface area contributed by atoms with Gasteiger partial charge < -0.3 is 0 Å². The zero-order valence-electron chi connectivity index (χ0n) is 10.4. The van der Waals surface area contributed by atoms with Gasteiger partial charge in [0.15, 0.2) is 0 Å². The van der Waals surface area contributed by atoms with Crippen molar-refractivity contribution in [1.82, 2.24) is 4.90 Å². The van der Waals surface area contributed by atoms with E-state index < -0.39 is 0 Å². The van der Waals surface area contributed by atoms with Gasteiger partial charge in [0.2, 0.25) is 0 Å². The Morgan fingerprint density at radius 1 is 1.22 bits per heavy atom. The summed E-state index contributed by atoms with van der Waals surface area (Å²) in [5.41, 5.74) is 1.29. The number of hydrogen-bond donors (Lipinski definition) is 0. The first-order chi connectivity index (χ1) is 8.72. The van der Waals surface area contributed by atoms with Gasteiger partial charge in [0.1, 0.15) is 5.78 Å². The Bertz CT molecular complexity index is 444. The van der Waals surface area contributed by atoms with Gasteiger partial charge in [0.25, 0.3) is 0 Å². The maximum Gasteiger partial charge on any atom is 0.136 e. The number of ketones is 1. The summed E-state index contributed by atoms with van der Waals surface area (Å²) in [5, 5.41) is 0.810. The van der Waals surface area contributed by atoms with Crippen LogP contribution in [0.4, 0.5) is 0 Å². The number of hydrogen-bond acceptors (Lipinski definition) is 2. The van der Waals surface area contributed by atoms with Crippen LogP contribution >= 0.6 is 11.6 Å². The molecule has 3 heteroatoms. The van der Waals surface area contributed by atoms with Crippen LogP contribution in [0.25, 0.3) is 0 Å². The van der Waals surface area contributed by atoms with Gasteiger partial charge in [-0.1, -0.05) is 23.7 Å². The van der Waals surface area contributed by atoms with Crippen molar-refractivity contribution in [2.75, 3.05) is 6.54 Å². The van der Waals surface area contributed by atoms with Crippen LogP contribution in [0.15, 0.2) is 24.3 Å². The molecule has 2 unspecified atom stereocenters. The second-order valence-electron chi connectivity index (χ2n) is 5.45. The minimum Gasteiger partial charge on any atom is -0.300 e. The van der Waals surface area contributed by atoms with E-state index in [0.717, 1.165) is 30.8 Å². The van der Waals surface area contributed by atoms with E-state index in [1.807, 2.05) is 18.2 Å². The average Bonchev–Trinajstić information content (AvgIpc) is 2.57. The molecular weight excluding hydrogens is 246 g/mol. The molecular formula is C15H18ClNO. The first kappa shape index (κ1) is 12.2. The number of carbonyl (C=O) groups excluding carboxylic acids is 1. The van der Waals surface area contributed by atoms with Crippen molar-refractivity contribution in [3.63, 3.8) is 0 Å². The normalized spacial score (nSPS) is 27.7. The van der Waals surface area contributed by atoms with Crippen LogP contribution in [0.3, 0.4) is 0 Å². The molecule has 2 bridgehead atoms. The first-order valence-corrected chi connectivity index (χ1v) is 7.12. The Morgan fingerprint density at radius 2 is 1.94 bits per heavy atom. The number of carbonyl (C=O) groups is 1. The smallest absolute Gasteiger partial charge is 0.136 e. The Balaban J connectivity index is 1.62. The van der Waals surface area contributed by atoms with E-state index in [1.165, 1.54) is 18.4 Å². The van der Waals surface area contributed by atoms with E-state index in [9.17, 15) is 4.79 Å². The predicted octanol–water partition coefficient (Wildman–Crippen LogP) is 3.08. The third-order valence-corrected chi connectivity index (χ3v) is 4.48. The van der Waals surface area contributed by atoms with Gasteiger partial charge in [-0.15, -0.1) is 0 Å². The monoisotopic (exact) mass is 263 g/mol. The lowest BCUT2D eigenvalue weighted by atomic mass is 10.0. The standard InChI is InChI=1S/C15H18ClNO/c16-12-3-1-2-11(8-12)6-7-17-13-4-5-14(17)10-15(18)9-13/h1-3,8,13-14H,4-7,9-10H2. The lowest BCUT2D eigenvalue weighted by Gasteiger charge is -2.33. The average molecular weight is 264 g/mol. The highest BCUT2D eigenvalue weighted by molar-refractivity contribution is 6.30. The van der Waals surface area contributed by atoms with Crippen LogP contribution in [-0.4, -0.2) is 29.3 Å². The molecule has 0 amide bonds. The molecule has 2 aliphatic heterocycles. The number of nitrogens with zero attached hydrogens (tertiary/aromatic N) is 1. The number of fused-ring (bicyclic) bond motifs is 2. The van der Waals surface area contributed by atoms with Gasteiger partial charge in [-0.2, -0.15) is 0 Å². The van der Waals surface area contributed by atoms with Crippen LogP contribution in [0.5, 0.6) is 0 Å². The van der Waals surface area contributed by atoms with E-state index in [2.05, 4.69) is 11.0 Å². The summed E-state index contributed by atoms with van der Waals surface area (Å²) in [4.78, 5) is 14.1. The minimum absolute atomic E-state index is 0.460. The largest absolute Gasteiger partial charge is 0.300 e. The number of rotatable bonds is 3. The fourth-order valence-corrected chi connectivity index (χ4v) is 3.59. The molecule has 2 atom stereocenters. The number of piperidine rings is 1. The lowest BCUT2D eigenvalue weighted by Crippen LogP contribution is -2.44. The third kappa shape index (κ3) is 2.45. The predicted molar refractivity (Wildman–Crippen MR) is 72.9 cm³/mol. The topological polar surface area (TPSA) is 20.3 Å². The van der Waals surface area contributed by atoms with Gasteiger partial charge in [-0.05, 0) is 37.0 Å². The van der Waals surface area contributed by atoms with Gasteiger partial charge in [-0.25, -0.2) is 0 Å². The highest BCUT2D eigenvalue weighted by Crippen LogP contribution is 2.33. The number of Topliss-reactive ketones (excluding diaryl/α,β-unsaturated/α-hetero) is 1.